The summed E-state index contributed by atoms with van der Waals surface area (Å²) in [6.45, 7) is -0.206. The molecule has 10 heteroatoms. The standard InChI is InChI=1S/C15H14F6N2O2/c16-10-2-1-9(11(17)12(10)18)13(24)22-7-8-3-5-23(6-4-8)14(25)15(19,20)21/h1-2,8H,3-7H2,(H,22,24). The SMILES string of the molecule is O=C(NCC1CCN(C(=O)C(F)(F)F)CC1)c1ccc(F)c(F)c1F. The summed E-state index contributed by atoms with van der Waals surface area (Å²) in [5.41, 5.74) is -0.663. The van der Waals surface area contributed by atoms with Gasteiger partial charge < -0.3 is 10.2 Å². The Kier molecular flexibility index (Phi) is 5.58. The molecule has 0 aliphatic carbocycles. The summed E-state index contributed by atoms with van der Waals surface area (Å²) in [4.78, 5) is 23.6. The van der Waals surface area contributed by atoms with E-state index >= 15 is 0 Å². The number of alkyl halides is 3. The van der Waals surface area contributed by atoms with E-state index in [-0.39, 0.29) is 38.4 Å². The Morgan fingerprint density at radius 3 is 2.24 bits per heavy atom. The molecule has 0 aromatic heterocycles. The van der Waals surface area contributed by atoms with Gasteiger partial charge in [0.25, 0.3) is 5.91 Å². The van der Waals surface area contributed by atoms with Crippen LogP contribution in [0.3, 0.4) is 0 Å². The zero-order valence-corrected chi connectivity index (χ0v) is 12.8. The predicted octanol–water partition coefficient (Wildman–Crippen LogP) is 2.63. The van der Waals surface area contributed by atoms with E-state index in [1.54, 1.807) is 0 Å². The number of piperidine rings is 1. The molecule has 1 aliphatic rings. The van der Waals surface area contributed by atoms with Crippen molar-refractivity contribution >= 4 is 11.8 Å². The van der Waals surface area contributed by atoms with Crippen LogP contribution in [0.2, 0.25) is 0 Å². The first-order chi connectivity index (χ1) is 11.6. The van der Waals surface area contributed by atoms with E-state index in [0.29, 0.717) is 11.0 Å². The number of carbonyl (C=O) groups is 2. The summed E-state index contributed by atoms with van der Waals surface area (Å²) in [7, 11) is 0. The molecule has 1 aromatic rings. The third-order valence-electron chi connectivity index (χ3n) is 3.98. The van der Waals surface area contributed by atoms with Gasteiger partial charge in [0.05, 0.1) is 5.56 Å². The second-order valence-electron chi connectivity index (χ2n) is 5.67. The number of halogens is 6. The minimum absolute atomic E-state index is 0.0192. The lowest BCUT2D eigenvalue weighted by Crippen LogP contribution is -2.46. The molecule has 0 radical (unpaired) electrons. The van der Waals surface area contributed by atoms with Gasteiger partial charge in [0.1, 0.15) is 0 Å². The number of likely N-dealkylation sites (tertiary alicyclic amines) is 1. The minimum atomic E-state index is -4.93. The molecular formula is C15H14F6N2O2. The highest BCUT2D eigenvalue weighted by atomic mass is 19.4. The topological polar surface area (TPSA) is 49.4 Å². The van der Waals surface area contributed by atoms with Gasteiger partial charge in [-0.1, -0.05) is 0 Å². The van der Waals surface area contributed by atoms with Crippen LogP contribution in [0.4, 0.5) is 26.3 Å². The molecule has 1 fully saturated rings. The van der Waals surface area contributed by atoms with Crippen molar-refractivity contribution in [2.45, 2.75) is 19.0 Å². The molecule has 0 spiro atoms. The van der Waals surface area contributed by atoms with E-state index in [4.69, 9.17) is 0 Å². The zero-order chi connectivity index (χ0) is 18.8. The molecule has 25 heavy (non-hydrogen) atoms. The Morgan fingerprint density at radius 1 is 1.08 bits per heavy atom. The third-order valence-corrected chi connectivity index (χ3v) is 3.98. The number of nitrogens with one attached hydrogen (secondary N) is 1. The minimum Gasteiger partial charge on any atom is -0.352 e. The predicted molar refractivity (Wildman–Crippen MR) is 74.0 cm³/mol. The number of hydrogen-bond donors (Lipinski definition) is 1. The number of amides is 2. The van der Waals surface area contributed by atoms with Crippen LogP contribution < -0.4 is 5.32 Å². The molecule has 0 atom stereocenters. The van der Waals surface area contributed by atoms with Crippen LogP contribution in [0.5, 0.6) is 0 Å². The van der Waals surface area contributed by atoms with Crippen molar-refractivity contribution in [1.29, 1.82) is 0 Å². The summed E-state index contributed by atoms with van der Waals surface area (Å²) in [5, 5.41) is 2.34. The molecule has 1 N–H and O–H groups in total. The number of nitrogens with zero attached hydrogens (tertiary/aromatic N) is 1. The summed E-state index contributed by atoms with van der Waals surface area (Å²) in [6.07, 6.45) is -4.48. The number of benzene rings is 1. The Balaban J connectivity index is 1.86. The maximum absolute atomic E-state index is 13.5. The highest BCUT2D eigenvalue weighted by molar-refractivity contribution is 5.94. The second kappa shape index (κ2) is 7.32. The summed E-state index contributed by atoms with van der Waals surface area (Å²) in [5.74, 6) is -7.86. The fraction of sp³-hybridized carbons (Fsp3) is 0.467. The first kappa shape index (κ1) is 19.1. The van der Waals surface area contributed by atoms with Gasteiger partial charge in [0.2, 0.25) is 0 Å². The van der Waals surface area contributed by atoms with Gasteiger partial charge in [0, 0.05) is 19.6 Å². The summed E-state index contributed by atoms with van der Waals surface area (Å²) >= 11 is 0. The first-order valence-corrected chi connectivity index (χ1v) is 7.39. The maximum atomic E-state index is 13.5. The lowest BCUT2D eigenvalue weighted by molar-refractivity contribution is -0.186. The van der Waals surface area contributed by atoms with Gasteiger partial charge in [-0.25, -0.2) is 13.2 Å². The molecular weight excluding hydrogens is 354 g/mol. The van der Waals surface area contributed by atoms with E-state index in [1.807, 2.05) is 0 Å². The molecule has 138 valence electrons. The van der Waals surface area contributed by atoms with Gasteiger partial charge in [-0.15, -0.1) is 0 Å². The molecule has 0 saturated carbocycles. The van der Waals surface area contributed by atoms with Crippen molar-refractivity contribution in [2.24, 2.45) is 5.92 Å². The molecule has 1 heterocycles. The Bertz CT molecular complexity index is 669. The molecule has 4 nitrogen and oxygen atoms in total. The van der Waals surface area contributed by atoms with E-state index in [0.717, 1.165) is 6.07 Å². The van der Waals surface area contributed by atoms with Crippen LogP contribution in [0.1, 0.15) is 23.2 Å². The third kappa shape index (κ3) is 4.43. The van der Waals surface area contributed by atoms with Crippen LogP contribution in [0, 0.1) is 23.4 Å². The summed E-state index contributed by atoms with van der Waals surface area (Å²) in [6, 6.07) is 1.42. The average molecular weight is 368 g/mol. The largest absolute Gasteiger partial charge is 0.471 e. The molecule has 2 amide bonds. The zero-order valence-electron chi connectivity index (χ0n) is 12.8. The Hall–Kier alpha value is -2.26. The van der Waals surface area contributed by atoms with Crippen molar-refractivity contribution in [2.75, 3.05) is 19.6 Å². The van der Waals surface area contributed by atoms with Gasteiger partial charge in [-0.3, -0.25) is 9.59 Å². The quantitative estimate of drug-likeness (QED) is 0.659. The van der Waals surface area contributed by atoms with Gasteiger partial charge >= 0.3 is 12.1 Å². The fourth-order valence-corrected chi connectivity index (χ4v) is 2.55. The monoisotopic (exact) mass is 368 g/mol. The van der Waals surface area contributed by atoms with E-state index in [9.17, 15) is 35.9 Å². The highest BCUT2D eigenvalue weighted by Gasteiger charge is 2.43. The molecule has 2 rings (SSSR count). The fourth-order valence-electron chi connectivity index (χ4n) is 2.55. The Labute approximate surface area is 138 Å². The van der Waals surface area contributed by atoms with Crippen LogP contribution in [-0.2, 0) is 4.79 Å². The maximum Gasteiger partial charge on any atom is 0.471 e. The smallest absolute Gasteiger partial charge is 0.352 e. The number of rotatable bonds is 3. The number of hydrogen-bond acceptors (Lipinski definition) is 2. The lowest BCUT2D eigenvalue weighted by Gasteiger charge is -2.32. The Morgan fingerprint density at radius 2 is 1.68 bits per heavy atom. The molecule has 0 bridgehead atoms. The van der Waals surface area contributed by atoms with E-state index in [2.05, 4.69) is 5.32 Å². The van der Waals surface area contributed by atoms with Crippen molar-refractivity contribution < 1.29 is 35.9 Å². The normalized spacial score (nSPS) is 16.0. The van der Waals surface area contributed by atoms with Gasteiger partial charge in [-0.05, 0) is 30.9 Å². The first-order valence-electron chi connectivity index (χ1n) is 7.39. The van der Waals surface area contributed by atoms with E-state index < -0.39 is 41.0 Å². The summed E-state index contributed by atoms with van der Waals surface area (Å²) < 4.78 is 76.4. The molecule has 1 saturated heterocycles. The molecule has 0 unspecified atom stereocenters. The van der Waals surface area contributed by atoms with Crippen LogP contribution in [-0.4, -0.2) is 42.5 Å². The van der Waals surface area contributed by atoms with Crippen LogP contribution in [0.15, 0.2) is 12.1 Å². The average Bonchev–Trinajstić information content (AvgIpc) is 2.56. The molecule has 1 aliphatic heterocycles. The second-order valence-corrected chi connectivity index (χ2v) is 5.67. The van der Waals surface area contributed by atoms with Gasteiger partial charge in [-0.2, -0.15) is 13.2 Å². The van der Waals surface area contributed by atoms with Crippen molar-refractivity contribution in [3.63, 3.8) is 0 Å². The van der Waals surface area contributed by atoms with Crippen molar-refractivity contribution in [1.82, 2.24) is 10.2 Å². The lowest BCUT2D eigenvalue weighted by atomic mass is 9.96. The van der Waals surface area contributed by atoms with Crippen molar-refractivity contribution in [3.8, 4) is 0 Å². The highest BCUT2D eigenvalue weighted by Crippen LogP contribution is 2.23. The number of carbonyl (C=O) groups excluding carboxylic acids is 2. The van der Waals surface area contributed by atoms with E-state index in [1.165, 1.54) is 0 Å². The van der Waals surface area contributed by atoms with Crippen molar-refractivity contribution in [3.05, 3.63) is 35.1 Å². The molecule has 1 aromatic carbocycles. The van der Waals surface area contributed by atoms with Crippen LogP contribution in [0.25, 0.3) is 0 Å². The van der Waals surface area contributed by atoms with Gasteiger partial charge in [0.15, 0.2) is 17.5 Å². The van der Waals surface area contributed by atoms with Crippen LogP contribution >= 0.6 is 0 Å².